The van der Waals surface area contributed by atoms with E-state index in [2.05, 4.69) is 4.90 Å². The van der Waals surface area contributed by atoms with E-state index < -0.39 is 5.41 Å². The van der Waals surface area contributed by atoms with E-state index >= 15 is 0 Å². The number of thioether (sulfide) groups is 1. The SMILES string of the molecule is CCC(CC)(C(=O)CN1CCSCC1)C(=O)OC. The fraction of sp³-hybridized carbons (Fsp3) is 0.846. The summed E-state index contributed by atoms with van der Waals surface area (Å²) in [4.78, 5) is 26.5. The molecule has 0 amide bonds. The molecule has 4 nitrogen and oxygen atoms in total. The Balaban J connectivity index is 2.72. The summed E-state index contributed by atoms with van der Waals surface area (Å²) in [5.74, 6) is 1.75. The Morgan fingerprint density at radius 2 is 1.78 bits per heavy atom. The van der Waals surface area contributed by atoms with Crippen LogP contribution in [0.15, 0.2) is 0 Å². The summed E-state index contributed by atoms with van der Waals surface area (Å²) in [5.41, 5.74) is -0.945. The Bertz CT molecular complexity index is 297. The van der Waals surface area contributed by atoms with Crippen molar-refractivity contribution in [2.45, 2.75) is 26.7 Å². The van der Waals surface area contributed by atoms with Gasteiger partial charge in [-0.15, -0.1) is 0 Å². The summed E-state index contributed by atoms with van der Waals surface area (Å²) in [7, 11) is 1.35. The minimum Gasteiger partial charge on any atom is -0.468 e. The first-order chi connectivity index (χ1) is 8.60. The van der Waals surface area contributed by atoms with Gasteiger partial charge in [0.25, 0.3) is 0 Å². The van der Waals surface area contributed by atoms with E-state index in [4.69, 9.17) is 4.74 Å². The summed E-state index contributed by atoms with van der Waals surface area (Å²) in [6.45, 7) is 5.99. The van der Waals surface area contributed by atoms with Gasteiger partial charge in [-0.25, -0.2) is 0 Å². The van der Waals surface area contributed by atoms with Crippen molar-refractivity contribution in [3.63, 3.8) is 0 Å². The molecule has 1 aliphatic heterocycles. The van der Waals surface area contributed by atoms with Crippen molar-refractivity contribution in [1.82, 2.24) is 4.90 Å². The Morgan fingerprint density at radius 3 is 2.22 bits per heavy atom. The molecule has 104 valence electrons. The number of ketones is 1. The Labute approximate surface area is 113 Å². The smallest absolute Gasteiger partial charge is 0.319 e. The zero-order valence-corrected chi connectivity index (χ0v) is 12.3. The van der Waals surface area contributed by atoms with Crippen molar-refractivity contribution in [2.75, 3.05) is 38.2 Å². The molecule has 0 unspecified atom stereocenters. The molecule has 0 aliphatic carbocycles. The highest BCUT2D eigenvalue weighted by atomic mass is 32.2. The van der Waals surface area contributed by atoms with Gasteiger partial charge in [0.1, 0.15) is 5.41 Å². The number of methoxy groups -OCH3 is 1. The maximum atomic E-state index is 12.4. The molecule has 1 fully saturated rings. The van der Waals surface area contributed by atoms with Gasteiger partial charge in [0.2, 0.25) is 0 Å². The molecule has 5 heteroatoms. The third kappa shape index (κ3) is 3.26. The topological polar surface area (TPSA) is 46.6 Å². The van der Waals surface area contributed by atoms with Gasteiger partial charge in [0.15, 0.2) is 5.78 Å². The fourth-order valence-corrected chi connectivity index (χ4v) is 3.33. The first-order valence-electron chi connectivity index (χ1n) is 6.52. The molecule has 0 radical (unpaired) electrons. The summed E-state index contributed by atoms with van der Waals surface area (Å²) < 4.78 is 4.83. The van der Waals surface area contributed by atoms with Gasteiger partial charge in [-0.3, -0.25) is 14.5 Å². The van der Waals surface area contributed by atoms with Crippen LogP contribution in [0.25, 0.3) is 0 Å². The lowest BCUT2D eigenvalue weighted by Gasteiger charge is -2.31. The molecule has 0 spiro atoms. The molecule has 0 atom stereocenters. The van der Waals surface area contributed by atoms with Crippen LogP contribution < -0.4 is 0 Å². The van der Waals surface area contributed by atoms with Crippen molar-refractivity contribution in [1.29, 1.82) is 0 Å². The highest BCUT2D eigenvalue weighted by Crippen LogP contribution is 2.30. The lowest BCUT2D eigenvalue weighted by atomic mass is 9.78. The van der Waals surface area contributed by atoms with Crippen LogP contribution in [0.2, 0.25) is 0 Å². The minimum absolute atomic E-state index is 0.00579. The van der Waals surface area contributed by atoms with E-state index in [-0.39, 0.29) is 11.8 Å². The van der Waals surface area contributed by atoms with E-state index in [1.54, 1.807) is 0 Å². The molecular weight excluding hydrogens is 250 g/mol. The Morgan fingerprint density at radius 1 is 1.22 bits per heavy atom. The fourth-order valence-electron chi connectivity index (χ4n) is 2.36. The van der Waals surface area contributed by atoms with E-state index in [0.717, 1.165) is 24.6 Å². The zero-order chi connectivity index (χ0) is 13.6. The minimum atomic E-state index is -0.945. The predicted molar refractivity (Wildman–Crippen MR) is 73.8 cm³/mol. The van der Waals surface area contributed by atoms with Crippen molar-refractivity contribution in [2.24, 2.45) is 5.41 Å². The maximum absolute atomic E-state index is 12.4. The van der Waals surface area contributed by atoms with Gasteiger partial charge in [-0.1, -0.05) is 13.8 Å². The van der Waals surface area contributed by atoms with E-state index in [1.807, 2.05) is 25.6 Å². The molecule has 1 heterocycles. The molecule has 1 aliphatic rings. The van der Waals surface area contributed by atoms with Gasteiger partial charge in [-0.2, -0.15) is 11.8 Å². The molecule has 0 saturated carbocycles. The zero-order valence-electron chi connectivity index (χ0n) is 11.5. The number of hydrogen-bond acceptors (Lipinski definition) is 5. The first kappa shape index (κ1) is 15.5. The number of nitrogens with zero attached hydrogens (tertiary/aromatic N) is 1. The molecular formula is C13H23NO3S. The Hall–Kier alpha value is -0.550. The van der Waals surface area contributed by atoms with Crippen molar-refractivity contribution >= 4 is 23.5 Å². The molecule has 0 aromatic heterocycles. The van der Waals surface area contributed by atoms with Crippen LogP contribution in [0.4, 0.5) is 0 Å². The van der Waals surface area contributed by atoms with Crippen LogP contribution >= 0.6 is 11.8 Å². The van der Waals surface area contributed by atoms with Crippen LogP contribution in [-0.4, -0.2) is 54.9 Å². The van der Waals surface area contributed by atoms with E-state index in [0.29, 0.717) is 19.4 Å². The number of esters is 1. The highest BCUT2D eigenvalue weighted by Gasteiger charge is 2.43. The average Bonchev–Trinajstić information content (AvgIpc) is 2.41. The molecule has 1 rings (SSSR count). The molecule has 1 saturated heterocycles. The lowest BCUT2D eigenvalue weighted by molar-refractivity contribution is -0.159. The number of ether oxygens (including phenoxy) is 1. The monoisotopic (exact) mass is 273 g/mol. The average molecular weight is 273 g/mol. The number of Topliss-reactive ketones (excluding diaryl/α,β-unsaturated/α-hetero) is 1. The van der Waals surface area contributed by atoms with Crippen LogP contribution in [0.5, 0.6) is 0 Å². The van der Waals surface area contributed by atoms with Gasteiger partial charge < -0.3 is 4.74 Å². The summed E-state index contributed by atoms with van der Waals surface area (Å²) in [6, 6.07) is 0. The Kier molecular flexibility index (Phi) is 6.15. The normalized spacial score (nSPS) is 17.5. The number of carbonyl (C=O) groups is 2. The van der Waals surface area contributed by atoms with E-state index in [9.17, 15) is 9.59 Å². The van der Waals surface area contributed by atoms with Crippen molar-refractivity contribution < 1.29 is 14.3 Å². The summed E-state index contributed by atoms with van der Waals surface area (Å²) in [6.07, 6.45) is 1.02. The quantitative estimate of drug-likeness (QED) is 0.543. The van der Waals surface area contributed by atoms with Crippen LogP contribution in [0, 0.1) is 5.41 Å². The maximum Gasteiger partial charge on any atom is 0.319 e. The van der Waals surface area contributed by atoms with Gasteiger partial charge in [0.05, 0.1) is 13.7 Å². The van der Waals surface area contributed by atoms with Gasteiger partial charge in [-0.05, 0) is 12.8 Å². The molecule has 0 aromatic carbocycles. The standard InChI is InChI=1S/C13H23NO3S/c1-4-13(5-2,12(16)17-3)11(15)10-14-6-8-18-9-7-14/h4-10H2,1-3H3. The second-order valence-electron chi connectivity index (χ2n) is 4.59. The van der Waals surface area contributed by atoms with Crippen molar-refractivity contribution in [3.05, 3.63) is 0 Å². The summed E-state index contributed by atoms with van der Waals surface area (Å²) >= 11 is 1.91. The second kappa shape index (κ2) is 7.14. The summed E-state index contributed by atoms with van der Waals surface area (Å²) in [5, 5.41) is 0. The van der Waals surface area contributed by atoms with Crippen molar-refractivity contribution in [3.8, 4) is 0 Å². The molecule has 18 heavy (non-hydrogen) atoms. The van der Waals surface area contributed by atoms with Gasteiger partial charge in [0, 0.05) is 24.6 Å². The number of carbonyl (C=O) groups excluding carboxylic acids is 2. The molecule has 0 bridgehead atoms. The predicted octanol–water partition coefficient (Wildman–Crippen LogP) is 1.58. The van der Waals surface area contributed by atoms with Crippen LogP contribution in [0.3, 0.4) is 0 Å². The van der Waals surface area contributed by atoms with Crippen LogP contribution in [-0.2, 0) is 14.3 Å². The third-order valence-electron chi connectivity index (χ3n) is 3.79. The first-order valence-corrected chi connectivity index (χ1v) is 7.68. The largest absolute Gasteiger partial charge is 0.468 e. The van der Waals surface area contributed by atoms with Crippen LogP contribution in [0.1, 0.15) is 26.7 Å². The molecule has 0 N–H and O–H groups in total. The highest BCUT2D eigenvalue weighted by molar-refractivity contribution is 7.99. The van der Waals surface area contributed by atoms with E-state index in [1.165, 1.54) is 7.11 Å². The number of hydrogen-bond donors (Lipinski definition) is 0. The lowest BCUT2D eigenvalue weighted by Crippen LogP contribution is -2.46. The third-order valence-corrected chi connectivity index (χ3v) is 4.73. The van der Waals surface area contributed by atoms with Gasteiger partial charge >= 0.3 is 5.97 Å². The number of rotatable bonds is 6. The second-order valence-corrected chi connectivity index (χ2v) is 5.82. The molecule has 0 aromatic rings.